The lowest BCUT2D eigenvalue weighted by molar-refractivity contribution is -0.154. The molecule has 0 aliphatic rings. The van der Waals surface area contributed by atoms with Crippen LogP contribution in [0.15, 0.2) is 31.4 Å². The molecular weight excluding hydrogens is 282 g/mol. The van der Waals surface area contributed by atoms with Crippen LogP contribution in [0.2, 0.25) is 0 Å². The van der Waals surface area contributed by atoms with Crippen LogP contribution in [0.25, 0.3) is 0 Å². The molecule has 5 heteroatoms. The van der Waals surface area contributed by atoms with Crippen molar-refractivity contribution in [1.82, 2.24) is 4.57 Å². The number of nitrogens with zero attached hydrogens (tertiary/aromatic N) is 1. The SMILES string of the molecule is C=CCOC(C)C(=O)OCC(=O)c1cc(C)n(CC=C)c1C. The zero-order valence-electron chi connectivity index (χ0n) is 13.4. The Morgan fingerprint density at radius 1 is 1.32 bits per heavy atom. The lowest BCUT2D eigenvalue weighted by Crippen LogP contribution is -2.26. The Hall–Kier alpha value is -2.14. The summed E-state index contributed by atoms with van der Waals surface area (Å²) in [6.07, 6.45) is 2.59. The first-order valence-corrected chi connectivity index (χ1v) is 7.12. The molecule has 0 fully saturated rings. The van der Waals surface area contributed by atoms with Crippen molar-refractivity contribution in [3.8, 4) is 0 Å². The number of allylic oxidation sites excluding steroid dienone is 1. The van der Waals surface area contributed by atoms with E-state index in [1.54, 1.807) is 25.1 Å². The number of aryl methyl sites for hydroxylation is 1. The molecule has 1 rings (SSSR count). The largest absolute Gasteiger partial charge is 0.455 e. The summed E-state index contributed by atoms with van der Waals surface area (Å²) in [5.74, 6) is -0.789. The van der Waals surface area contributed by atoms with Gasteiger partial charge in [-0.15, -0.1) is 13.2 Å². The van der Waals surface area contributed by atoms with E-state index in [1.807, 2.05) is 18.4 Å². The van der Waals surface area contributed by atoms with Crippen LogP contribution in [0.1, 0.15) is 28.7 Å². The van der Waals surface area contributed by atoms with E-state index in [1.165, 1.54) is 0 Å². The molecule has 5 nitrogen and oxygen atoms in total. The van der Waals surface area contributed by atoms with Gasteiger partial charge in [0.15, 0.2) is 12.7 Å². The molecule has 0 aliphatic heterocycles. The van der Waals surface area contributed by atoms with Gasteiger partial charge in [-0.05, 0) is 26.8 Å². The molecule has 22 heavy (non-hydrogen) atoms. The van der Waals surface area contributed by atoms with Crippen molar-refractivity contribution in [1.29, 1.82) is 0 Å². The number of rotatable bonds is 9. The van der Waals surface area contributed by atoms with E-state index in [9.17, 15) is 9.59 Å². The topological polar surface area (TPSA) is 57.5 Å². The smallest absolute Gasteiger partial charge is 0.335 e. The second-order valence-corrected chi connectivity index (χ2v) is 4.98. The number of Topliss-reactive ketones (excluding diaryl/α,β-unsaturated/α-hetero) is 1. The maximum Gasteiger partial charge on any atom is 0.335 e. The standard InChI is InChI=1S/C17H23NO4/c1-6-8-18-12(3)10-15(13(18)4)16(19)11-22-17(20)14(5)21-9-7-2/h6-7,10,14H,1-2,8-9,11H2,3-5H3. The molecule has 0 aromatic carbocycles. The van der Waals surface area contributed by atoms with Crippen LogP contribution in [-0.2, 0) is 20.8 Å². The van der Waals surface area contributed by atoms with Crippen LogP contribution in [0.4, 0.5) is 0 Å². The Kier molecular flexibility index (Phi) is 6.79. The lowest BCUT2D eigenvalue weighted by atomic mass is 10.1. The van der Waals surface area contributed by atoms with Gasteiger partial charge < -0.3 is 14.0 Å². The Balaban J connectivity index is 2.66. The molecule has 0 radical (unpaired) electrons. The molecule has 0 bridgehead atoms. The molecule has 0 spiro atoms. The summed E-state index contributed by atoms with van der Waals surface area (Å²) in [5.41, 5.74) is 2.37. The molecule has 0 saturated carbocycles. The van der Waals surface area contributed by atoms with Crippen molar-refractivity contribution in [2.45, 2.75) is 33.4 Å². The molecule has 1 aromatic rings. The molecular formula is C17H23NO4. The molecule has 0 aliphatic carbocycles. The highest BCUT2D eigenvalue weighted by Crippen LogP contribution is 2.16. The summed E-state index contributed by atoms with van der Waals surface area (Å²) in [7, 11) is 0. The minimum Gasteiger partial charge on any atom is -0.455 e. The van der Waals surface area contributed by atoms with Crippen molar-refractivity contribution < 1.29 is 19.1 Å². The maximum absolute atomic E-state index is 12.2. The van der Waals surface area contributed by atoms with Gasteiger partial charge in [0.1, 0.15) is 0 Å². The zero-order chi connectivity index (χ0) is 16.7. The summed E-state index contributed by atoms with van der Waals surface area (Å²) in [5, 5.41) is 0. The minimum atomic E-state index is -0.723. The number of carbonyl (C=O) groups is 2. The number of carbonyl (C=O) groups excluding carboxylic acids is 2. The third-order valence-corrected chi connectivity index (χ3v) is 3.33. The second-order valence-electron chi connectivity index (χ2n) is 4.98. The molecule has 1 unspecified atom stereocenters. The number of ether oxygens (including phenoxy) is 2. The molecule has 1 aromatic heterocycles. The lowest BCUT2D eigenvalue weighted by Gasteiger charge is -2.11. The number of hydrogen-bond donors (Lipinski definition) is 0. The fraction of sp³-hybridized carbons (Fsp3) is 0.412. The van der Waals surface area contributed by atoms with Crippen LogP contribution < -0.4 is 0 Å². The van der Waals surface area contributed by atoms with Gasteiger partial charge in [-0.3, -0.25) is 4.79 Å². The number of esters is 1. The van der Waals surface area contributed by atoms with Gasteiger partial charge in [0.25, 0.3) is 0 Å². The van der Waals surface area contributed by atoms with Gasteiger partial charge in [-0.1, -0.05) is 12.2 Å². The third-order valence-electron chi connectivity index (χ3n) is 3.33. The molecule has 1 atom stereocenters. The minimum absolute atomic E-state index is 0.229. The summed E-state index contributed by atoms with van der Waals surface area (Å²) in [6, 6.07) is 1.80. The average molecular weight is 305 g/mol. The summed E-state index contributed by atoms with van der Waals surface area (Å²) in [4.78, 5) is 23.9. The second kappa shape index (κ2) is 8.34. The van der Waals surface area contributed by atoms with Crippen molar-refractivity contribution >= 4 is 11.8 Å². The highest BCUT2D eigenvalue weighted by molar-refractivity contribution is 5.99. The molecule has 0 saturated heterocycles. The molecule has 120 valence electrons. The van der Waals surface area contributed by atoms with Crippen LogP contribution in [-0.4, -0.2) is 35.6 Å². The maximum atomic E-state index is 12.2. The zero-order valence-corrected chi connectivity index (χ0v) is 13.4. The van der Waals surface area contributed by atoms with E-state index in [0.29, 0.717) is 12.1 Å². The number of ketones is 1. The number of aromatic nitrogens is 1. The monoisotopic (exact) mass is 305 g/mol. The van der Waals surface area contributed by atoms with Crippen LogP contribution in [0.3, 0.4) is 0 Å². The van der Waals surface area contributed by atoms with Crippen molar-refractivity contribution in [2.24, 2.45) is 0 Å². The summed E-state index contributed by atoms with van der Waals surface area (Å²) in [6.45, 7) is 13.2. The van der Waals surface area contributed by atoms with Crippen LogP contribution in [0.5, 0.6) is 0 Å². The van der Waals surface area contributed by atoms with E-state index in [2.05, 4.69) is 13.2 Å². The Labute approximate surface area is 131 Å². The van der Waals surface area contributed by atoms with Gasteiger partial charge in [0, 0.05) is 23.5 Å². The molecule has 0 N–H and O–H groups in total. The predicted molar refractivity (Wildman–Crippen MR) is 85.0 cm³/mol. The highest BCUT2D eigenvalue weighted by Gasteiger charge is 2.19. The summed E-state index contributed by atoms with van der Waals surface area (Å²) < 4.78 is 12.1. The fourth-order valence-corrected chi connectivity index (χ4v) is 2.11. The van der Waals surface area contributed by atoms with Crippen molar-refractivity contribution in [3.05, 3.63) is 48.3 Å². The van der Waals surface area contributed by atoms with E-state index in [-0.39, 0.29) is 19.0 Å². The number of hydrogen-bond acceptors (Lipinski definition) is 4. The van der Waals surface area contributed by atoms with Gasteiger partial charge in [0.05, 0.1) is 6.61 Å². The van der Waals surface area contributed by atoms with Gasteiger partial charge in [-0.2, -0.15) is 0 Å². The van der Waals surface area contributed by atoms with E-state index in [4.69, 9.17) is 9.47 Å². The quantitative estimate of drug-likeness (QED) is 0.400. The fourth-order valence-electron chi connectivity index (χ4n) is 2.11. The Bertz CT molecular complexity index is 571. The first kappa shape index (κ1) is 17.9. The van der Waals surface area contributed by atoms with Crippen molar-refractivity contribution in [2.75, 3.05) is 13.2 Å². The van der Waals surface area contributed by atoms with E-state index < -0.39 is 12.1 Å². The summed E-state index contributed by atoms with van der Waals surface area (Å²) >= 11 is 0. The molecule has 1 heterocycles. The Morgan fingerprint density at radius 2 is 2.00 bits per heavy atom. The third kappa shape index (κ3) is 4.43. The van der Waals surface area contributed by atoms with Crippen LogP contribution in [0, 0.1) is 13.8 Å². The van der Waals surface area contributed by atoms with E-state index >= 15 is 0 Å². The van der Waals surface area contributed by atoms with Gasteiger partial charge in [-0.25, -0.2) is 4.79 Å². The van der Waals surface area contributed by atoms with E-state index in [0.717, 1.165) is 11.4 Å². The normalized spacial score (nSPS) is 11.8. The highest BCUT2D eigenvalue weighted by atomic mass is 16.6. The first-order valence-electron chi connectivity index (χ1n) is 7.12. The van der Waals surface area contributed by atoms with Gasteiger partial charge in [0.2, 0.25) is 5.78 Å². The van der Waals surface area contributed by atoms with Crippen molar-refractivity contribution in [3.63, 3.8) is 0 Å². The van der Waals surface area contributed by atoms with Gasteiger partial charge >= 0.3 is 5.97 Å². The Morgan fingerprint density at radius 3 is 2.59 bits per heavy atom. The predicted octanol–water partition coefficient (Wildman–Crippen LogP) is 2.61. The van der Waals surface area contributed by atoms with Crippen LogP contribution >= 0.6 is 0 Å². The average Bonchev–Trinajstić information content (AvgIpc) is 2.78. The molecule has 0 amide bonds. The first-order chi connectivity index (χ1) is 10.4.